The van der Waals surface area contributed by atoms with E-state index >= 15 is 0 Å². The van der Waals surface area contributed by atoms with Crippen molar-refractivity contribution < 1.29 is 29.2 Å². The summed E-state index contributed by atoms with van der Waals surface area (Å²) in [5.74, 6) is 1.66. The van der Waals surface area contributed by atoms with Crippen LogP contribution in [-0.2, 0) is 0 Å². The minimum atomic E-state index is -0.992. The highest BCUT2D eigenvalue weighted by atomic mass is 16.7. The molecule has 0 aromatic heterocycles. The van der Waals surface area contributed by atoms with Crippen molar-refractivity contribution in [2.45, 2.75) is 19.1 Å². The van der Waals surface area contributed by atoms with Crippen LogP contribution in [0.5, 0.6) is 28.7 Å². The molecule has 4 rings (SSSR count). The van der Waals surface area contributed by atoms with Crippen molar-refractivity contribution in [3.63, 3.8) is 0 Å². The van der Waals surface area contributed by atoms with Crippen LogP contribution < -0.4 is 18.9 Å². The van der Waals surface area contributed by atoms with E-state index in [9.17, 15) is 10.2 Å². The molecule has 2 aliphatic rings. The summed E-state index contributed by atoms with van der Waals surface area (Å²) in [7, 11) is 1.51. The quantitative estimate of drug-likeness (QED) is 0.881. The van der Waals surface area contributed by atoms with E-state index in [4.69, 9.17) is 18.9 Å². The summed E-state index contributed by atoms with van der Waals surface area (Å²) in [6.07, 6.45) is -0.992. The molecule has 2 N–H and O–H groups in total. The molecule has 6 heteroatoms. The lowest BCUT2D eigenvalue weighted by Gasteiger charge is -2.36. The minimum Gasteiger partial charge on any atom is -0.504 e. The zero-order chi connectivity index (χ0) is 16.8. The molecule has 0 saturated heterocycles. The van der Waals surface area contributed by atoms with Crippen molar-refractivity contribution in [2.24, 2.45) is 5.92 Å². The Hall–Kier alpha value is -2.60. The summed E-state index contributed by atoms with van der Waals surface area (Å²) in [6, 6.07) is 8.90. The highest BCUT2D eigenvalue weighted by Crippen LogP contribution is 2.51. The van der Waals surface area contributed by atoms with Crippen LogP contribution in [0.1, 0.15) is 24.0 Å². The zero-order valence-corrected chi connectivity index (χ0v) is 13.4. The van der Waals surface area contributed by atoms with Gasteiger partial charge in [-0.05, 0) is 12.1 Å². The van der Waals surface area contributed by atoms with E-state index in [2.05, 4.69) is 0 Å². The Kier molecular flexibility index (Phi) is 3.42. The molecule has 2 aromatic carbocycles. The van der Waals surface area contributed by atoms with Crippen LogP contribution in [0.15, 0.2) is 30.3 Å². The van der Waals surface area contributed by atoms with Crippen molar-refractivity contribution in [3.05, 3.63) is 41.5 Å². The number of ether oxygens (including phenoxy) is 4. The molecule has 2 aliphatic heterocycles. The number of aliphatic hydroxyl groups is 1. The maximum absolute atomic E-state index is 10.6. The molecular formula is C18H18O6. The van der Waals surface area contributed by atoms with Gasteiger partial charge in [0, 0.05) is 29.0 Å². The van der Waals surface area contributed by atoms with Crippen LogP contribution in [0, 0.1) is 5.92 Å². The third-order valence-corrected chi connectivity index (χ3v) is 4.65. The van der Waals surface area contributed by atoms with E-state index in [1.54, 1.807) is 12.1 Å². The molecule has 3 atom stereocenters. The molecule has 0 unspecified atom stereocenters. The Balaban J connectivity index is 1.89. The Morgan fingerprint density at radius 3 is 2.58 bits per heavy atom. The fraction of sp³-hybridized carbons (Fsp3) is 0.333. The molecular weight excluding hydrogens is 312 g/mol. The van der Waals surface area contributed by atoms with Crippen molar-refractivity contribution in [3.8, 4) is 28.7 Å². The first kappa shape index (κ1) is 15.0. The molecule has 2 heterocycles. The first-order valence-corrected chi connectivity index (χ1v) is 7.74. The highest BCUT2D eigenvalue weighted by Gasteiger charge is 2.38. The number of benzene rings is 2. The second-order valence-electron chi connectivity index (χ2n) is 5.99. The Labute approximate surface area is 139 Å². The number of hydrogen-bond donors (Lipinski definition) is 2. The number of aromatic hydroxyl groups is 1. The molecule has 6 nitrogen and oxygen atoms in total. The van der Waals surface area contributed by atoms with Crippen molar-refractivity contribution in [1.82, 2.24) is 0 Å². The highest BCUT2D eigenvalue weighted by molar-refractivity contribution is 5.58. The van der Waals surface area contributed by atoms with Gasteiger partial charge in [0.15, 0.2) is 23.0 Å². The van der Waals surface area contributed by atoms with Gasteiger partial charge < -0.3 is 29.2 Å². The van der Waals surface area contributed by atoms with Crippen molar-refractivity contribution in [1.29, 1.82) is 0 Å². The lowest BCUT2D eigenvalue weighted by atomic mass is 9.78. The van der Waals surface area contributed by atoms with E-state index in [0.29, 0.717) is 28.6 Å². The van der Waals surface area contributed by atoms with E-state index in [1.165, 1.54) is 7.11 Å². The number of phenolic OH excluding ortho intramolecular Hbond substituents is 1. The monoisotopic (exact) mass is 330 g/mol. The van der Waals surface area contributed by atoms with Gasteiger partial charge in [0.1, 0.15) is 5.75 Å². The molecule has 0 fully saturated rings. The van der Waals surface area contributed by atoms with E-state index in [0.717, 1.165) is 5.56 Å². The number of hydrogen-bond acceptors (Lipinski definition) is 6. The molecule has 2 aromatic rings. The number of aliphatic hydroxyl groups excluding tert-OH is 1. The molecule has 0 aliphatic carbocycles. The summed E-state index contributed by atoms with van der Waals surface area (Å²) in [6.45, 7) is 2.03. The van der Waals surface area contributed by atoms with E-state index < -0.39 is 6.29 Å². The van der Waals surface area contributed by atoms with Gasteiger partial charge in [0.2, 0.25) is 13.1 Å². The van der Waals surface area contributed by atoms with Gasteiger partial charge >= 0.3 is 0 Å². The van der Waals surface area contributed by atoms with Crippen LogP contribution in [0.25, 0.3) is 0 Å². The number of fused-ring (bicyclic) bond motifs is 2. The van der Waals surface area contributed by atoms with Crippen molar-refractivity contribution in [2.75, 3.05) is 13.9 Å². The molecule has 0 amide bonds. The van der Waals surface area contributed by atoms with Gasteiger partial charge in [-0.25, -0.2) is 0 Å². The van der Waals surface area contributed by atoms with E-state index in [1.807, 2.05) is 25.1 Å². The van der Waals surface area contributed by atoms with Gasteiger partial charge in [-0.2, -0.15) is 0 Å². The number of methoxy groups -OCH3 is 1. The average Bonchev–Trinajstić information content (AvgIpc) is 3.02. The van der Waals surface area contributed by atoms with Crippen LogP contribution >= 0.6 is 0 Å². The van der Waals surface area contributed by atoms with Gasteiger partial charge in [0.25, 0.3) is 0 Å². The van der Waals surface area contributed by atoms with Crippen molar-refractivity contribution >= 4 is 0 Å². The summed E-state index contributed by atoms with van der Waals surface area (Å²) in [4.78, 5) is 0. The maximum Gasteiger partial charge on any atom is 0.231 e. The average molecular weight is 330 g/mol. The fourth-order valence-corrected chi connectivity index (χ4v) is 3.38. The zero-order valence-electron chi connectivity index (χ0n) is 13.4. The molecule has 0 spiro atoms. The first-order chi connectivity index (χ1) is 11.6. The molecule has 0 radical (unpaired) electrons. The van der Waals surface area contributed by atoms with Gasteiger partial charge in [-0.3, -0.25) is 0 Å². The minimum absolute atomic E-state index is 0.0644. The third-order valence-electron chi connectivity index (χ3n) is 4.65. The smallest absolute Gasteiger partial charge is 0.231 e. The SMILES string of the molecule is COc1cccc([C@@H]2c3cc4c(cc3O[C@@H](O)[C@H]2C)OCO4)c1O. The molecule has 0 saturated carbocycles. The number of rotatable bonds is 2. The predicted octanol–water partition coefficient (Wildman–Crippen LogP) is 2.61. The normalized spacial score (nSPS) is 24.2. The largest absolute Gasteiger partial charge is 0.504 e. The summed E-state index contributed by atoms with van der Waals surface area (Å²) in [5, 5.41) is 20.9. The van der Waals surface area contributed by atoms with Gasteiger partial charge in [-0.15, -0.1) is 0 Å². The lowest BCUT2D eigenvalue weighted by Crippen LogP contribution is -2.34. The van der Waals surface area contributed by atoms with Gasteiger partial charge in [0.05, 0.1) is 7.11 Å². The number of para-hydroxylation sites is 1. The van der Waals surface area contributed by atoms with Crippen LogP contribution in [0.2, 0.25) is 0 Å². The topological polar surface area (TPSA) is 77.4 Å². The molecule has 0 bridgehead atoms. The standard InChI is InChI=1S/C18H18O6/c1-9-16(10-4-3-5-12(21-2)17(10)19)11-6-14-15(23-8-22-14)7-13(11)24-18(9)20/h3-7,9,16,18-20H,8H2,1-2H3/t9-,16+,18+/m0/s1. The fourth-order valence-electron chi connectivity index (χ4n) is 3.38. The van der Waals surface area contributed by atoms with Gasteiger partial charge in [-0.1, -0.05) is 19.1 Å². The molecule has 24 heavy (non-hydrogen) atoms. The summed E-state index contributed by atoms with van der Waals surface area (Å²) >= 11 is 0. The predicted molar refractivity (Wildman–Crippen MR) is 84.9 cm³/mol. The van der Waals surface area contributed by atoms with E-state index in [-0.39, 0.29) is 24.4 Å². The lowest BCUT2D eigenvalue weighted by molar-refractivity contribution is -0.0730. The number of phenols is 1. The van der Waals surface area contributed by atoms with Crippen LogP contribution in [0.4, 0.5) is 0 Å². The first-order valence-electron chi connectivity index (χ1n) is 7.74. The second kappa shape index (κ2) is 5.49. The Morgan fingerprint density at radius 1 is 1.08 bits per heavy atom. The maximum atomic E-state index is 10.6. The van der Waals surface area contributed by atoms with Crippen LogP contribution in [-0.4, -0.2) is 30.4 Å². The summed E-state index contributed by atoms with van der Waals surface area (Å²) in [5.41, 5.74) is 1.50. The Morgan fingerprint density at radius 2 is 1.83 bits per heavy atom. The third kappa shape index (κ3) is 2.14. The summed E-state index contributed by atoms with van der Waals surface area (Å²) < 4.78 is 21.7. The Bertz CT molecular complexity index is 787. The van der Waals surface area contributed by atoms with Crippen LogP contribution in [0.3, 0.4) is 0 Å². The second-order valence-corrected chi connectivity index (χ2v) is 5.99. The molecule has 126 valence electrons.